The number of ether oxygens (including phenoxy) is 1. The zero-order chi connectivity index (χ0) is 18.4. The predicted molar refractivity (Wildman–Crippen MR) is 99.8 cm³/mol. The lowest BCUT2D eigenvalue weighted by Crippen LogP contribution is -2.28. The lowest BCUT2D eigenvalue weighted by molar-refractivity contribution is -0.138. The second-order valence-electron chi connectivity index (χ2n) is 5.47. The quantitative estimate of drug-likeness (QED) is 0.524. The molecule has 0 atom stereocenters. The maximum Gasteiger partial charge on any atom is 0.351 e. The maximum atomic E-state index is 12.1. The summed E-state index contributed by atoms with van der Waals surface area (Å²) in [6, 6.07) is 21.1. The number of nitrogens with one attached hydrogen (secondary N) is 1. The van der Waals surface area contributed by atoms with Gasteiger partial charge in [-0.1, -0.05) is 60.7 Å². The molecule has 5 heteroatoms. The number of rotatable bonds is 4. The van der Waals surface area contributed by atoms with Crippen molar-refractivity contribution in [2.75, 3.05) is 6.61 Å². The third kappa shape index (κ3) is 3.70. The van der Waals surface area contributed by atoms with Crippen molar-refractivity contribution in [1.29, 1.82) is 5.26 Å². The van der Waals surface area contributed by atoms with Crippen LogP contribution >= 0.6 is 0 Å². The van der Waals surface area contributed by atoms with Crippen LogP contribution in [0.1, 0.15) is 18.1 Å². The van der Waals surface area contributed by atoms with Gasteiger partial charge in [-0.05, 0) is 13.0 Å². The van der Waals surface area contributed by atoms with Gasteiger partial charge in [-0.2, -0.15) is 5.26 Å². The van der Waals surface area contributed by atoms with Crippen LogP contribution in [0.4, 0.5) is 0 Å². The SMILES string of the molecule is CCOC(=O)C(C#N)=C1C=C(c2ccccc2)N=C(c2ccccc2)N1. The van der Waals surface area contributed by atoms with Crippen LogP contribution < -0.4 is 5.32 Å². The standard InChI is InChI=1S/C21H17N3O2/c1-2-26-21(25)17(14-22)19-13-18(15-9-5-3-6-10-15)23-20(24-19)16-11-7-4-8-12-16/h3-13H,2H2,1H3,(H,23,24). The molecule has 0 spiro atoms. The number of amidine groups is 1. The number of nitrogens with zero attached hydrogens (tertiary/aromatic N) is 2. The molecule has 1 aliphatic heterocycles. The Bertz CT molecular complexity index is 936. The van der Waals surface area contributed by atoms with Crippen molar-refractivity contribution in [1.82, 2.24) is 5.32 Å². The van der Waals surface area contributed by atoms with Gasteiger partial charge in [0.05, 0.1) is 18.0 Å². The molecule has 1 aliphatic rings. The number of carbonyl (C=O) groups is 1. The predicted octanol–water partition coefficient (Wildman–Crippen LogP) is 3.42. The Kier molecular flexibility index (Phi) is 5.25. The van der Waals surface area contributed by atoms with Crippen LogP contribution in [0, 0.1) is 11.3 Å². The van der Waals surface area contributed by atoms with E-state index >= 15 is 0 Å². The molecule has 26 heavy (non-hydrogen) atoms. The molecule has 0 saturated heterocycles. The van der Waals surface area contributed by atoms with E-state index in [0.29, 0.717) is 17.2 Å². The van der Waals surface area contributed by atoms with Gasteiger partial charge in [0.25, 0.3) is 0 Å². The van der Waals surface area contributed by atoms with E-state index in [1.807, 2.05) is 66.7 Å². The number of hydrogen-bond acceptors (Lipinski definition) is 5. The molecular formula is C21H17N3O2. The lowest BCUT2D eigenvalue weighted by Gasteiger charge is -2.19. The Morgan fingerprint density at radius 3 is 2.27 bits per heavy atom. The number of esters is 1. The minimum absolute atomic E-state index is 0.0800. The van der Waals surface area contributed by atoms with E-state index in [-0.39, 0.29) is 12.2 Å². The van der Waals surface area contributed by atoms with Crippen LogP contribution in [0.5, 0.6) is 0 Å². The lowest BCUT2D eigenvalue weighted by atomic mass is 10.1. The molecular weight excluding hydrogens is 326 g/mol. The average Bonchev–Trinajstić information content (AvgIpc) is 2.70. The van der Waals surface area contributed by atoms with E-state index in [4.69, 9.17) is 4.74 Å². The summed E-state index contributed by atoms with van der Waals surface area (Å²) in [5, 5.41) is 12.6. The van der Waals surface area contributed by atoms with Gasteiger partial charge in [0.2, 0.25) is 0 Å². The van der Waals surface area contributed by atoms with E-state index < -0.39 is 5.97 Å². The van der Waals surface area contributed by atoms with Crippen molar-refractivity contribution >= 4 is 17.5 Å². The number of allylic oxidation sites excluding steroid dienone is 1. The smallest absolute Gasteiger partial charge is 0.351 e. The highest BCUT2D eigenvalue weighted by molar-refractivity contribution is 6.06. The van der Waals surface area contributed by atoms with Crippen molar-refractivity contribution in [2.24, 2.45) is 4.99 Å². The van der Waals surface area contributed by atoms with Crippen molar-refractivity contribution in [3.8, 4) is 6.07 Å². The first-order valence-electron chi connectivity index (χ1n) is 8.22. The largest absolute Gasteiger partial charge is 0.462 e. The summed E-state index contributed by atoms with van der Waals surface area (Å²) >= 11 is 0. The Morgan fingerprint density at radius 1 is 1.08 bits per heavy atom. The fraction of sp³-hybridized carbons (Fsp3) is 0.0952. The molecule has 1 N–H and O–H groups in total. The molecule has 2 aromatic carbocycles. The fourth-order valence-electron chi connectivity index (χ4n) is 2.52. The average molecular weight is 343 g/mol. The molecule has 0 radical (unpaired) electrons. The van der Waals surface area contributed by atoms with E-state index in [1.165, 1.54) is 0 Å². The normalized spacial score (nSPS) is 15.1. The molecule has 128 valence electrons. The summed E-state index contributed by atoms with van der Waals surface area (Å²) in [6.07, 6.45) is 1.69. The van der Waals surface area contributed by atoms with Crippen LogP contribution in [-0.2, 0) is 9.53 Å². The Labute approximate surface area is 152 Å². The van der Waals surface area contributed by atoms with Crippen LogP contribution in [0.25, 0.3) is 5.70 Å². The molecule has 0 aromatic heterocycles. The summed E-state index contributed by atoms with van der Waals surface area (Å²) < 4.78 is 5.00. The minimum atomic E-state index is -0.657. The highest BCUT2D eigenvalue weighted by Crippen LogP contribution is 2.24. The summed E-state index contributed by atoms with van der Waals surface area (Å²) in [7, 11) is 0. The first-order valence-corrected chi connectivity index (χ1v) is 8.22. The minimum Gasteiger partial charge on any atom is -0.462 e. The van der Waals surface area contributed by atoms with Crippen molar-refractivity contribution in [3.05, 3.63) is 89.1 Å². The number of carbonyl (C=O) groups excluding carboxylic acids is 1. The zero-order valence-corrected chi connectivity index (χ0v) is 14.3. The van der Waals surface area contributed by atoms with Gasteiger partial charge in [0.15, 0.2) is 5.57 Å². The molecule has 0 amide bonds. The fourth-order valence-corrected chi connectivity index (χ4v) is 2.52. The molecule has 0 fully saturated rings. The summed E-state index contributed by atoms with van der Waals surface area (Å²) in [6.45, 7) is 1.90. The van der Waals surface area contributed by atoms with Crippen molar-refractivity contribution in [2.45, 2.75) is 6.92 Å². The highest BCUT2D eigenvalue weighted by Gasteiger charge is 2.21. The number of nitriles is 1. The van der Waals surface area contributed by atoms with Gasteiger partial charge < -0.3 is 10.1 Å². The second-order valence-corrected chi connectivity index (χ2v) is 5.47. The second kappa shape index (κ2) is 7.95. The number of hydrogen-bond donors (Lipinski definition) is 1. The van der Waals surface area contributed by atoms with Gasteiger partial charge >= 0.3 is 5.97 Å². The first kappa shape index (κ1) is 17.2. The Balaban J connectivity index is 2.13. The zero-order valence-electron chi connectivity index (χ0n) is 14.3. The van der Waals surface area contributed by atoms with Crippen molar-refractivity contribution in [3.63, 3.8) is 0 Å². The molecule has 0 aliphatic carbocycles. The first-order chi connectivity index (χ1) is 12.7. The molecule has 5 nitrogen and oxygen atoms in total. The topological polar surface area (TPSA) is 74.5 Å². The molecule has 0 bridgehead atoms. The Hall–Kier alpha value is -3.65. The van der Waals surface area contributed by atoms with Crippen LogP contribution in [0.15, 0.2) is 83.0 Å². The summed E-state index contributed by atoms with van der Waals surface area (Å²) in [5.74, 6) is -0.0884. The van der Waals surface area contributed by atoms with Crippen LogP contribution in [0.2, 0.25) is 0 Å². The molecule has 1 heterocycles. The van der Waals surface area contributed by atoms with E-state index in [0.717, 1.165) is 11.1 Å². The summed E-state index contributed by atoms with van der Waals surface area (Å²) in [4.78, 5) is 16.8. The van der Waals surface area contributed by atoms with Gasteiger partial charge in [0.1, 0.15) is 11.9 Å². The van der Waals surface area contributed by atoms with Crippen LogP contribution in [-0.4, -0.2) is 18.4 Å². The van der Waals surface area contributed by atoms with Gasteiger partial charge in [-0.3, -0.25) is 0 Å². The third-order valence-electron chi connectivity index (χ3n) is 3.74. The van der Waals surface area contributed by atoms with Crippen LogP contribution in [0.3, 0.4) is 0 Å². The van der Waals surface area contributed by atoms with E-state index in [9.17, 15) is 10.1 Å². The van der Waals surface area contributed by atoms with Gasteiger partial charge in [-0.25, -0.2) is 9.79 Å². The molecule has 2 aromatic rings. The molecule has 3 rings (SSSR count). The van der Waals surface area contributed by atoms with E-state index in [1.54, 1.807) is 13.0 Å². The number of aliphatic imine (C=N–C) groups is 1. The molecule has 0 unspecified atom stereocenters. The molecule has 0 saturated carbocycles. The van der Waals surface area contributed by atoms with E-state index in [2.05, 4.69) is 10.3 Å². The monoisotopic (exact) mass is 343 g/mol. The van der Waals surface area contributed by atoms with Crippen molar-refractivity contribution < 1.29 is 9.53 Å². The van der Waals surface area contributed by atoms with Gasteiger partial charge in [0, 0.05) is 11.1 Å². The highest BCUT2D eigenvalue weighted by atomic mass is 16.5. The summed E-state index contributed by atoms with van der Waals surface area (Å²) in [5.41, 5.74) is 2.70. The number of benzene rings is 2. The Morgan fingerprint density at radius 2 is 1.69 bits per heavy atom. The van der Waals surface area contributed by atoms with Gasteiger partial charge in [-0.15, -0.1) is 0 Å². The third-order valence-corrected chi connectivity index (χ3v) is 3.74. The maximum absolute atomic E-state index is 12.1.